The molecule has 0 aliphatic rings. The van der Waals surface area contributed by atoms with Crippen molar-refractivity contribution < 1.29 is 8.42 Å². The van der Waals surface area contributed by atoms with Gasteiger partial charge in [-0.2, -0.15) is 0 Å². The smallest absolute Gasteiger partial charge is 0.213 e. The van der Waals surface area contributed by atoms with Gasteiger partial charge in [0.15, 0.2) is 5.96 Å². The molecule has 0 aliphatic carbocycles. The van der Waals surface area contributed by atoms with Crippen molar-refractivity contribution in [2.24, 2.45) is 4.99 Å². The first-order chi connectivity index (χ1) is 10.9. The van der Waals surface area contributed by atoms with Crippen molar-refractivity contribution in [3.05, 3.63) is 35.9 Å². The van der Waals surface area contributed by atoms with E-state index in [1.165, 1.54) is 9.87 Å². The van der Waals surface area contributed by atoms with E-state index in [1.54, 1.807) is 21.0 Å². The fraction of sp³-hybridized carbons (Fsp3) is 0.562. The van der Waals surface area contributed by atoms with Gasteiger partial charge in [0.05, 0.1) is 5.75 Å². The summed E-state index contributed by atoms with van der Waals surface area (Å²) in [5.41, 5.74) is 1.21. The van der Waals surface area contributed by atoms with Gasteiger partial charge in [0.25, 0.3) is 0 Å². The first kappa shape index (κ1) is 19.4. The molecule has 0 saturated carbocycles. The second-order valence-electron chi connectivity index (χ2n) is 5.39. The summed E-state index contributed by atoms with van der Waals surface area (Å²) in [6.07, 6.45) is 0.730. The van der Waals surface area contributed by atoms with Gasteiger partial charge in [0.1, 0.15) is 0 Å². The summed E-state index contributed by atoms with van der Waals surface area (Å²) in [5.74, 6) is 0.938. The zero-order valence-corrected chi connectivity index (χ0v) is 15.3. The third-order valence-corrected chi connectivity index (χ3v) is 5.47. The molecule has 0 amide bonds. The van der Waals surface area contributed by atoms with Gasteiger partial charge in [-0.3, -0.25) is 4.99 Å². The van der Waals surface area contributed by atoms with Crippen LogP contribution in [0.15, 0.2) is 35.3 Å². The Morgan fingerprint density at radius 1 is 1.22 bits per heavy atom. The van der Waals surface area contributed by atoms with Crippen LogP contribution >= 0.6 is 0 Å². The second kappa shape index (κ2) is 9.52. The first-order valence-electron chi connectivity index (χ1n) is 7.80. The summed E-state index contributed by atoms with van der Waals surface area (Å²) in [6.45, 7) is 3.60. The van der Waals surface area contributed by atoms with Crippen molar-refractivity contribution in [3.63, 3.8) is 0 Å². The van der Waals surface area contributed by atoms with Crippen LogP contribution in [0.4, 0.5) is 0 Å². The Morgan fingerprint density at radius 2 is 1.87 bits per heavy atom. The average Bonchev–Trinajstić information content (AvgIpc) is 2.55. The Balaban J connectivity index is 2.40. The van der Waals surface area contributed by atoms with Gasteiger partial charge >= 0.3 is 0 Å². The molecule has 0 unspecified atom stereocenters. The first-order valence-corrected chi connectivity index (χ1v) is 9.41. The number of guanidine groups is 1. The minimum Gasteiger partial charge on any atom is -0.356 e. The number of sulfonamides is 1. The summed E-state index contributed by atoms with van der Waals surface area (Å²) in [6, 6.07) is 10.2. The van der Waals surface area contributed by atoms with E-state index in [4.69, 9.17) is 0 Å². The topological polar surface area (TPSA) is 65.0 Å². The Labute approximate surface area is 140 Å². The molecular formula is C16H28N4O2S. The lowest BCUT2D eigenvalue weighted by Crippen LogP contribution is -2.40. The molecule has 0 saturated heterocycles. The van der Waals surface area contributed by atoms with Crippen molar-refractivity contribution >= 4 is 16.0 Å². The van der Waals surface area contributed by atoms with E-state index in [2.05, 4.69) is 22.4 Å². The van der Waals surface area contributed by atoms with E-state index in [0.29, 0.717) is 13.1 Å². The van der Waals surface area contributed by atoms with Crippen LogP contribution in [0.25, 0.3) is 0 Å². The zero-order valence-electron chi connectivity index (χ0n) is 14.5. The van der Waals surface area contributed by atoms with E-state index in [9.17, 15) is 8.42 Å². The molecule has 0 atom stereocenters. The second-order valence-corrected chi connectivity index (χ2v) is 7.76. The molecule has 0 aliphatic heterocycles. The quantitative estimate of drug-likeness (QED) is 0.441. The number of rotatable bonds is 8. The standard InChI is InChI=1S/C16H28N4O2S/c1-5-23(21,22)20(4)13-9-12-18-16(17-2)19(3)14-15-10-7-6-8-11-15/h6-8,10-11H,5,9,12-14H2,1-4H3,(H,17,18). The van der Waals surface area contributed by atoms with E-state index < -0.39 is 10.0 Å². The number of hydrogen-bond acceptors (Lipinski definition) is 3. The molecule has 7 heteroatoms. The molecule has 1 aromatic rings. The van der Waals surface area contributed by atoms with Crippen molar-refractivity contribution in [3.8, 4) is 0 Å². The van der Waals surface area contributed by atoms with Crippen LogP contribution in [0.5, 0.6) is 0 Å². The number of hydrogen-bond donors (Lipinski definition) is 1. The lowest BCUT2D eigenvalue weighted by molar-refractivity contribution is 0.450. The van der Waals surface area contributed by atoms with E-state index in [0.717, 1.165) is 18.9 Å². The zero-order chi connectivity index (χ0) is 17.3. The van der Waals surface area contributed by atoms with Gasteiger partial charge in [-0.05, 0) is 18.9 Å². The number of benzene rings is 1. The Bertz CT molecular complexity index is 587. The van der Waals surface area contributed by atoms with Crippen LogP contribution in [0.3, 0.4) is 0 Å². The minimum absolute atomic E-state index is 0.137. The summed E-state index contributed by atoms with van der Waals surface area (Å²) >= 11 is 0. The van der Waals surface area contributed by atoms with Gasteiger partial charge in [0, 0.05) is 40.8 Å². The molecule has 0 heterocycles. The van der Waals surface area contributed by atoms with Crippen LogP contribution in [0.1, 0.15) is 18.9 Å². The van der Waals surface area contributed by atoms with Gasteiger partial charge in [-0.15, -0.1) is 0 Å². The van der Waals surface area contributed by atoms with Crippen LogP contribution < -0.4 is 5.32 Å². The maximum absolute atomic E-state index is 11.7. The van der Waals surface area contributed by atoms with E-state index >= 15 is 0 Å². The molecule has 0 fully saturated rings. The molecule has 130 valence electrons. The Kier molecular flexibility index (Phi) is 8.05. The van der Waals surface area contributed by atoms with E-state index in [-0.39, 0.29) is 5.75 Å². The van der Waals surface area contributed by atoms with Crippen molar-refractivity contribution in [2.45, 2.75) is 19.9 Å². The normalized spacial score (nSPS) is 12.5. The fourth-order valence-electron chi connectivity index (χ4n) is 2.18. The highest BCUT2D eigenvalue weighted by molar-refractivity contribution is 7.89. The summed E-state index contributed by atoms with van der Waals surface area (Å²) < 4.78 is 24.7. The van der Waals surface area contributed by atoms with Gasteiger partial charge in [0.2, 0.25) is 10.0 Å². The largest absolute Gasteiger partial charge is 0.356 e. The van der Waals surface area contributed by atoms with Crippen LogP contribution in [0, 0.1) is 0 Å². The fourth-order valence-corrected chi connectivity index (χ4v) is 3.03. The Morgan fingerprint density at radius 3 is 2.43 bits per heavy atom. The monoisotopic (exact) mass is 340 g/mol. The average molecular weight is 340 g/mol. The van der Waals surface area contributed by atoms with Gasteiger partial charge in [-0.25, -0.2) is 12.7 Å². The lowest BCUT2D eigenvalue weighted by atomic mass is 10.2. The van der Waals surface area contributed by atoms with Crippen molar-refractivity contribution in [1.29, 1.82) is 0 Å². The van der Waals surface area contributed by atoms with Crippen molar-refractivity contribution in [1.82, 2.24) is 14.5 Å². The highest BCUT2D eigenvalue weighted by Crippen LogP contribution is 2.03. The number of nitrogens with zero attached hydrogens (tertiary/aromatic N) is 3. The minimum atomic E-state index is -3.10. The van der Waals surface area contributed by atoms with E-state index in [1.807, 2.05) is 30.1 Å². The molecule has 1 aromatic carbocycles. The maximum Gasteiger partial charge on any atom is 0.213 e. The summed E-state index contributed by atoms with van der Waals surface area (Å²) in [7, 11) is 2.25. The molecule has 0 aromatic heterocycles. The van der Waals surface area contributed by atoms with Crippen molar-refractivity contribution in [2.75, 3.05) is 40.0 Å². The summed E-state index contributed by atoms with van der Waals surface area (Å²) in [4.78, 5) is 6.31. The maximum atomic E-state index is 11.7. The predicted octanol–water partition coefficient (Wildman–Crippen LogP) is 1.37. The molecule has 1 N–H and O–H groups in total. The molecule has 0 bridgehead atoms. The van der Waals surface area contributed by atoms with Crippen LogP contribution in [0.2, 0.25) is 0 Å². The number of nitrogens with one attached hydrogen (secondary N) is 1. The number of aliphatic imine (C=N–C) groups is 1. The molecule has 23 heavy (non-hydrogen) atoms. The Hall–Kier alpha value is -1.60. The predicted molar refractivity (Wildman–Crippen MR) is 96.0 cm³/mol. The third kappa shape index (κ3) is 6.58. The molecule has 1 rings (SSSR count). The van der Waals surface area contributed by atoms with Crippen LogP contribution in [-0.4, -0.2) is 63.6 Å². The molecular weight excluding hydrogens is 312 g/mol. The SMILES string of the molecule is CCS(=O)(=O)N(C)CCCNC(=NC)N(C)Cc1ccccc1. The van der Waals surface area contributed by atoms with Gasteiger partial charge < -0.3 is 10.2 Å². The molecule has 0 radical (unpaired) electrons. The third-order valence-electron chi connectivity index (χ3n) is 3.61. The molecule has 0 spiro atoms. The highest BCUT2D eigenvalue weighted by atomic mass is 32.2. The highest BCUT2D eigenvalue weighted by Gasteiger charge is 2.14. The summed E-state index contributed by atoms with van der Waals surface area (Å²) in [5, 5.41) is 3.27. The molecule has 6 nitrogen and oxygen atoms in total. The van der Waals surface area contributed by atoms with Crippen LogP contribution in [-0.2, 0) is 16.6 Å². The lowest BCUT2D eigenvalue weighted by Gasteiger charge is -2.23. The van der Waals surface area contributed by atoms with Gasteiger partial charge in [-0.1, -0.05) is 30.3 Å².